The Kier molecular flexibility index (Phi) is 5.68. The van der Waals surface area contributed by atoms with Crippen molar-refractivity contribution in [2.24, 2.45) is 0 Å². The second kappa shape index (κ2) is 7.98. The van der Waals surface area contributed by atoms with Gasteiger partial charge in [-0.1, -0.05) is 35.9 Å². The zero-order valence-electron chi connectivity index (χ0n) is 14.8. The number of imide groups is 1. The van der Waals surface area contributed by atoms with Gasteiger partial charge in [-0.2, -0.15) is 0 Å². The number of anilines is 1. The average Bonchev–Trinajstić information content (AvgIpc) is 2.88. The van der Waals surface area contributed by atoms with Gasteiger partial charge in [-0.25, -0.2) is 0 Å². The highest BCUT2D eigenvalue weighted by molar-refractivity contribution is 8.18. The monoisotopic (exact) mass is 400 g/mol. The number of halogens is 1. The van der Waals surface area contributed by atoms with Gasteiger partial charge in [0.25, 0.3) is 11.1 Å². The maximum atomic E-state index is 12.5. The number of carbonyl (C=O) groups is 3. The fourth-order valence-corrected chi connectivity index (χ4v) is 3.55. The molecule has 1 saturated heterocycles. The topological polar surface area (TPSA) is 66.5 Å². The molecule has 1 aliphatic rings. The molecule has 1 fully saturated rings. The lowest BCUT2D eigenvalue weighted by Crippen LogP contribution is -2.36. The van der Waals surface area contributed by atoms with Crippen molar-refractivity contribution in [1.29, 1.82) is 0 Å². The zero-order valence-corrected chi connectivity index (χ0v) is 16.4. The lowest BCUT2D eigenvalue weighted by molar-refractivity contribution is -0.127. The Hall–Kier alpha value is -2.57. The van der Waals surface area contributed by atoms with Crippen molar-refractivity contribution in [3.8, 4) is 0 Å². The van der Waals surface area contributed by atoms with Crippen molar-refractivity contribution in [2.45, 2.75) is 13.8 Å². The number of hydrogen-bond acceptors (Lipinski definition) is 4. The van der Waals surface area contributed by atoms with E-state index in [0.29, 0.717) is 16.3 Å². The minimum atomic E-state index is -0.500. The summed E-state index contributed by atoms with van der Waals surface area (Å²) in [4.78, 5) is 38.1. The highest BCUT2D eigenvalue weighted by atomic mass is 35.5. The standard InChI is InChI=1S/C20H17ClN2O3S/c1-12-7-8-15(9-13(12)2)22-18(24)11-23-19(25)17(27-20(23)26)10-14-5-3-4-6-16(14)21/h3-10H,11H2,1-2H3,(H,22,24)/b17-10-. The van der Waals surface area contributed by atoms with Gasteiger partial charge in [-0.05, 0) is 66.6 Å². The van der Waals surface area contributed by atoms with Crippen LogP contribution in [-0.2, 0) is 9.59 Å². The van der Waals surface area contributed by atoms with E-state index in [4.69, 9.17) is 11.6 Å². The van der Waals surface area contributed by atoms with Gasteiger partial charge in [0, 0.05) is 10.7 Å². The lowest BCUT2D eigenvalue weighted by Gasteiger charge is -2.13. The van der Waals surface area contributed by atoms with E-state index in [2.05, 4.69) is 5.32 Å². The largest absolute Gasteiger partial charge is 0.325 e. The molecule has 3 amide bonds. The summed E-state index contributed by atoms with van der Waals surface area (Å²) in [5.74, 6) is -0.931. The number of rotatable bonds is 4. The van der Waals surface area contributed by atoms with Crippen molar-refractivity contribution in [3.05, 3.63) is 69.1 Å². The Morgan fingerprint density at radius 1 is 1.15 bits per heavy atom. The van der Waals surface area contributed by atoms with Gasteiger partial charge in [0.1, 0.15) is 6.54 Å². The number of thioether (sulfide) groups is 1. The molecule has 0 aliphatic carbocycles. The van der Waals surface area contributed by atoms with Crippen molar-refractivity contribution in [3.63, 3.8) is 0 Å². The van der Waals surface area contributed by atoms with Crippen LogP contribution in [0.2, 0.25) is 5.02 Å². The van der Waals surface area contributed by atoms with E-state index >= 15 is 0 Å². The van der Waals surface area contributed by atoms with Crippen molar-refractivity contribution in [1.82, 2.24) is 4.90 Å². The number of benzene rings is 2. The molecule has 3 rings (SSSR count). The summed E-state index contributed by atoms with van der Waals surface area (Å²) in [6.45, 7) is 3.59. The van der Waals surface area contributed by atoms with E-state index in [9.17, 15) is 14.4 Å². The first kappa shape index (κ1) is 19.2. The Morgan fingerprint density at radius 3 is 2.59 bits per heavy atom. The zero-order chi connectivity index (χ0) is 19.6. The van der Waals surface area contributed by atoms with E-state index < -0.39 is 17.1 Å². The summed E-state index contributed by atoms with van der Waals surface area (Å²) in [6, 6.07) is 12.6. The van der Waals surface area contributed by atoms with Crippen molar-refractivity contribution < 1.29 is 14.4 Å². The summed E-state index contributed by atoms with van der Waals surface area (Å²) in [7, 11) is 0. The van der Waals surface area contributed by atoms with Gasteiger partial charge in [0.15, 0.2) is 0 Å². The molecule has 1 aliphatic heterocycles. The third-order valence-electron chi connectivity index (χ3n) is 4.16. The maximum Gasteiger partial charge on any atom is 0.294 e. The van der Waals surface area contributed by atoms with E-state index in [1.54, 1.807) is 36.4 Å². The number of nitrogens with one attached hydrogen (secondary N) is 1. The number of aryl methyl sites for hydroxylation is 2. The third-order valence-corrected chi connectivity index (χ3v) is 5.41. The Morgan fingerprint density at radius 2 is 1.89 bits per heavy atom. The van der Waals surface area contributed by atoms with Crippen LogP contribution in [-0.4, -0.2) is 28.5 Å². The van der Waals surface area contributed by atoms with Crippen LogP contribution in [0.5, 0.6) is 0 Å². The molecule has 0 spiro atoms. The van der Waals surface area contributed by atoms with Gasteiger partial charge in [-0.15, -0.1) is 0 Å². The Balaban J connectivity index is 1.71. The molecule has 2 aromatic carbocycles. The molecule has 0 radical (unpaired) electrons. The molecule has 7 heteroatoms. The molecule has 0 unspecified atom stereocenters. The first-order valence-corrected chi connectivity index (χ1v) is 9.41. The van der Waals surface area contributed by atoms with Crippen LogP contribution >= 0.6 is 23.4 Å². The van der Waals surface area contributed by atoms with Gasteiger partial charge in [0.2, 0.25) is 5.91 Å². The molecule has 0 atom stereocenters. The molecule has 0 saturated carbocycles. The van der Waals surface area contributed by atoms with Gasteiger partial charge < -0.3 is 5.32 Å². The molecule has 5 nitrogen and oxygen atoms in total. The molecule has 27 heavy (non-hydrogen) atoms. The summed E-state index contributed by atoms with van der Waals surface area (Å²) >= 11 is 6.89. The van der Waals surface area contributed by atoms with E-state index in [1.807, 2.05) is 26.0 Å². The molecule has 0 bridgehead atoms. The van der Waals surface area contributed by atoms with Crippen LogP contribution in [0.3, 0.4) is 0 Å². The lowest BCUT2D eigenvalue weighted by atomic mass is 10.1. The number of amides is 3. The second-order valence-corrected chi connectivity index (χ2v) is 7.54. The molecular weight excluding hydrogens is 384 g/mol. The molecule has 138 valence electrons. The predicted molar refractivity (Wildman–Crippen MR) is 109 cm³/mol. The summed E-state index contributed by atoms with van der Waals surface area (Å²) in [5.41, 5.74) is 3.43. The smallest absolute Gasteiger partial charge is 0.294 e. The fourth-order valence-electron chi connectivity index (χ4n) is 2.53. The van der Waals surface area contributed by atoms with E-state index in [-0.39, 0.29) is 11.4 Å². The average molecular weight is 401 g/mol. The minimum Gasteiger partial charge on any atom is -0.325 e. The SMILES string of the molecule is Cc1ccc(NC(=O)CN2C(=O)S/C(=C\c3ccccc3Cl)C2=O)cc1C. The van der Waals surface area contributed by atoms with E-state index in [0.717, 1.165) is 27.8 Å². The van der Waals surface area contributed by atoms with Crippen molar-refractivity contribution in [2.75, 3.05) is 11.9 Å². The van der Waals surface area contributed by atoms with Crippen LogP contribution in [0.4, 0.5) is 10.5 Å². The predicted octanol–water partition coefficient (Wildman–Crippen LogP) is 4.63. The van der Waals surface area contributed by atoms with Gasteiger partial charge in [-0.3, -0.25) is 19.3 Å². The number of hydrogen-bond donors (Lipinski definition) is 1. The first-order chi connectivity index (χ1) is 12.8. The normalized spacial score (nSPS) is 15.5. The van der Waals surface area contributed by atoms with E-state index in [1.165, 1.54) is 0 Å². The first-order valence-electron chi connectivity index (χ1n) is 8.22. The summed E-state index contributed by atoms with van der Waals surface area (Å²) < 4.78 is 0. The minimum absolute atomic E-state index is 0.243. The summed E-state index contributed by atoms with van der Waals surface area (Å²) in [5, 5.41) is 2.72. The Labute approximate surface area is 166 Å². The maximum absolute atomic E-state index is 12.5. The second-order valence-electron chi connectivity index (χ2n) is 6.14. The highest BCUT2D eigenvalue weighted by Crippen LogP contribution is 2.33. The van der Waals surface area contributed by atoms with Crippen LogP contribution in [0.15, 0.2) is 47.4 Å². The third kappa shape index (κ3) is 4.40. The molecule has 1 N–H and O–H groups in total. The van der Waals surface area contributed by atoms with Gasteiger partial charge in [0.05, 0.1) is 4.91 Å². The molecule has 0 aromatic heterocycles. The van der Waals surface area contributed by atoms with Crippen LogP contribution in [0.1, 0.15) is 16.7 Å². The van der Waals surface area contributed by atoms with Crippen LogP contribution < -0.4 is 5.32 Å². The number of nitrogens with zero attached hydrogens (tertiary/aromatic N) is 1. The molecule has 1 heterocycles. The van der Waals surface area contributed by atoms with Crippen LogP contribution in [0.25, 0.3) is 6.08 Å². The van der Waals surface area contributed by atoms with Crippen LogP contribution in [0, 0.1) is 13.8 Å². The Bertz CT molecular complexity index is 971. The van der Waals surface area contributed by atoms with Gasteiger partial charge >= 0.3 is 0 Å². The quantitative estimate of drug-likeness (QED) is 0.759. The highest BCUT2D eigenvalue weighted by Gasteiger charge is 2.36. The molecule has 2 aromatic rings. The van der Waals surface area contributed by atoms with Crippen molar-refractivity contribution >= 4 is 52.2 Å². The number of carbonyl (C=O) groups excluding carboxylic acids is 3. The molecular formula is C20H17ClN2O3S. The summed E-state index contributed by atoms with van der Waals surface area (Å²) in [6.07, 6.45) is 1.56. The fraction of sp³-hybridized carbons (Fsp3) is 0.150.